The van der Waals surface area contributed by atoms with Gasteiger partial charge in [0, 0.05) is 13.0 Å². The summed E-state index contributed by atoms with van der Waals surface area (Å²) < 4.78 is 11.6. The summed E-state index contributed by atoms with van der Waals surface area (Å²) in [6.45, 7) is 4.78. The number of aryl methyl sites for hydroxylation is 1. The number of aliphatic hydroxyl groups is 1. The number of benzene rings is 1. The van der Waals surface area contributed by atoms with Gasteiger partial charge < -0.3 is 14.6 Å². The van der Waals surface area contributed by atoms with Crippen LogP contribution in [0.2, 0.25) is 0 Å². The Morgan fingerprint density at radius 3 is 2.88 bits per heavy atom. The molecule has 1 heterocycles. The van der Waals surface area contributed by atoms with E-state index in [2.05, 4.69) is 19.1 Å². The Balaban J connectivity index is 2.02. The molecule has 3 nitrogen and oxygen atoms in total. The Bertz CT molecular complexity index is 377. The van der Waals surface area contributed by atoms with E-state index in [1.165, 1.54) is 11.1 Å². The van der Waals surface area contributed by atoms with Crippen molar-refractivity contribution in [3.8, 4) is 0 Å². The summed E-state index contributed by atoms with van der Waals surface area (Å²) in [4.78, 5) is 0. The van der Waals surface area contributed by atoms with Crippen LogP contribution in [-0.4, -0.2) is 30.2 Å². The van der Waals surface area contributed by atoms with Crippen LogP contribution in [0, 0.1) is 6.92 Å². The van der Waals surface area contributed by atoms with E-state index < -0.39 is 5.79 Å². The third-order valence-corrected chi connectivity index (χ3v) is 3.21. The van der Waals surface area contributed by atoms with E-state index >= 15 is 0 Å². The average Bonchev–Trinajstić information content (AvgIpc) is 2.64. The highest BCUT2D eigenvalue weighted by Gasteiger charge is 2.37. The summed E-state index contributed by atoms with van der Waals surface area (Å²) >= 11 is 0. The van der Waals surface area contributed by atoms with E-state index in [0.29, 0.717) is 13.0 Å². The van der Waals surface area contributed by atoms with Crippen molar-refractivity contribution in [2.75, 3.05) is 13.2 Å². The van der Waals surface area contributed by atoms with Crippen LogP contribution in [0.15, 0.2) is 24.3 Å². The summed E-state index contributed by atoms with van der Waals surface area (Å²) in [7, 11) is 0. The topological polar surface area (TPSA) is 38.7 Å². The van der Waals surface area contributed by atoms with E-state index in [1.54, 1.807) is 0 Å². The molecule has 3 heteroatoms. The lowest BCUT2D eigenvalue weighted by atomic mass is 10.0. The summed E-state index contributed by atoms with van der Waals surface area (Å²) in [5.74, 6) is -0.550. The first-order chi connectivity index (χ1) is 8.13. The van der Waals surface area contributed by atoms with Crippen LogP contribution in [0.5, 0.6) is 0 Å². The zero-order valence-electron chi connectivity index (χ0n) is 10.5. The minimum atomic E-state index is -0.550. The van der Waals surface area contributed by atoms with E-state index in [9.17, 15) is 0 Å². The molecule has 0 aromatic heterocycles. The normalized spacial score (nSPS) is 28.5. The molecule has 1 aromatic carbocycles. The van der Waals surface area contributed by atoms with Crippen LogP contribution >= 0.6 is 0 Å². The second-order valence-corrected chi connectivity index (χ2v) is 4.80. The second kappa shape index (κ2) is 5.17. The lowest BCUT2D eigenvalue weighted by Gasteiger charge is -2.24. The van der Waals surface area contributed by atoms with Crippen LogP contribution in [-0.2, 0) is 15.9 Å². The van der Waals surface area contributed by atoms with Gasteiger partial charge in [-0.25, -0.2) is 0 Å². The maximum absolute atomic E-state index is 8.90. The molecule has 1 aliphatic rings. The molecule has 2 atom stereocenters. The molecule has 0 aliphatic carbocycles. The van der Waals surface area contributed by atoms with E-state index in [0.717, 1.165) is 6.42 Å². The van der Waals surface area contributed by atoms with Gasteiger partial charge in [0.05, 0.1) is 12.7 Å². The van der Waals surface area contributed by atoms with Gasteiger partial charge in [-0.3, -0.25) is 0 Å². The van der Waals surface area contributed by atoms with Crippen LogP contribution in [0.4, 0.5) is 0 Å². The predicted octanol–water partition coefficient (Wildman–Crippen LogP) is 2.05. The summed E-state index contributed by atoms with van der Waals surface area (Å²) in [5.41, 5.74) is 2.51. The molecular weight excluding hydrogens is 216 g/mol. The maximum Gasteiger partial charge on any atom is 0.170 e. The summed E-state index contributed by atoms with van der Waals surface area (Å²) in [5, 5.41) is 8.90. The van der Waals surface area contributed by atoms with Crippen LogP contribution in [0.3, 0.4) is 0 Å². The third-order valence-electron chi connectivity index (χ3n) is 3.21. The Labute approximate surface area is 102 Å². The minimum Gasteiger partial charge on any atom is -0.396 e. The molecular formula is C14H20O3. The smallest absolute Gasteiger partial charge is 0.170 e. The van der Waals surface area contributed by atoms with Crippen molar-refractivity contribution in [3.63, 3.8) is 0 Å². The van der Waals surface area contributed by atoms with Crippen LogP contribution in [0.25, 0.3) is 0 Å². The molecule has 1 aliphatic heterocycles. The van der Waals surface area contributed by atoms with Gasteiger partial charge in [0.1, 0.15) is 0 Å². The zero-order chi connectivity index (χ0) is 12.3. The Morgan fingerprint density at radius 1 is 1.41 bits per heavy atom. The summed E-state index contributed by atoms with van der Waals surface area (Å²) in [6.07, 6.45) is 1.42. The van der Waals surface area contributed by atoms with Gasteiger partial charge in [0.25, 0.3) is 0 Å². The molecule has 94 valence electrons. The number of ether oxygens (including phenoxy) is 2. The first-order valence-electron chi connectivity index (χ1n) is 6.10. The SMILES string of the molecule is Cc1ccccc1CC1(C)OCC(CCO)O1. The van der Waals surface area contributed by atoms with Gasteiger partial charge in [-0.05, 0) is 31.4 Å². The highest BCUT2D eigenvalue weighted by molar-refractivity contribution is 5.26. The van der Waals surface area contributed by atoms with Crippen LogP contribution < -0.4 is 0 Å². The van der Waals surface area contributed by atoms with Crippen molar-refractivity contribution in [1.82, 2.24) is 0 Å². The lowest BCUT2D eigenvalue weighted by molar-refractivity contribution is -0.153. The molecule has 0 saturated carbocycles. The molecule has 0 spiro atoms. The van der Waals surface area contributed by atoms with Gasteiger partial charge in [0.2, 0.25) is 0 Å². The Morgan fingerprint density at radius 2 is 2.18 bits per heavy atom. The fraction of sp³-hybridized carbons (Fsp3) is 0.571. The standard InChI is InChI=1S/C14H20O3/c1-11-5-3-4-6-12(11)9-14(2)16-10-13(17-14)7-8-15/h3-6,13,15H,7-10H2,1-2H3. The fourth-order valence-corrected chi connectivity index (χ4v) is 2.22. The van der Waals surface area contributed by atoms with Crippen molar-refractivity contribution in [2.45, 2.75) is 38.6 Å². The number of hydrogen-bond acceptors (Lipinski definition) is 3. The number of hydrogen-bond donors (Lipinski definition) is 1. The van der Waals surface area contributed by atoms with E-state index in [-0.39, 0.29) is 12.7 Å². The number of aliphatic hydroxyl groups excluding tert-OH is 1. The highest BCUT2D eigenvalue weighted by Crippen LogP contribution is 2.29. The molecule has 17 heavy (non-hydrogen) atoms. The third kappa shape index (κ3) is 3.06. The van der Waals surface area contributed by atoms with Gasteiger partial charge in [-0.2, -0.15) is 0 Å². The van der Waals surface area contributed by atoms with Crippen molar-refractivity contribution in [3.05, 3.63) is 35.4 Å². The lowest BCUT2D eigenvalue weighted by Crippen LogP contribution is -2.30. The molecule has 2 rings (SSSR count). The molecule has 1 N–H and O–H groups in total. The highest BCUT2D eigenvalue weighted by atomic mass is 16.7. The predicted molar refractivity (Wildman–Crippen MR) is 65.8 cm³/mol. The molecule has 0 radical (unpaired) electrons. The fourth-order valence-electron chi connectivity index (χ4n) is 2.22. The first-order valence-corrected chi connectivity index (χ1v) is 6.10. The molecule has 0 amide bonds. The Kier molecular flexibility index (Phi) is 3.82. The van der Waals surface area contributed by atoms with E-state index in [4.69, 9.17) is 14.6 Å². The van der Waals surface area contributed by atoms with Crippen molar-refractivity contribution in [2.24, 2.45) is 0 Å². The molecule has 2 unspecified atom stereocenters. The maximum atomic E-state index is 8.90. The largest absolute Gasteiger partial charge is 0.396 e. The average molecular weight is 236 g/mol. The zero-order valence-corrected chi connectivity index (χ0v) is 10.5. The van der Waals surface area contributed by atoms with Crippen molar-refractivity contribution < 1.29 is 14.6 Å². The van der Waals surface area contributed by atoms with Gasteiger partial charge in [-0.1, -0.05) is 24.3 Å². The molecule has 1 fully saturated rings. The van der Waals surface area contributed by atoms with E-state index in [1.807, 2.05) is 19.1 Å². The molecule has 0 bridgehead atoms. The molecule has 1 aromatic rings. The quantitative estimate of drug-likeness (QED) is 0.869. The summed E-state index contributed by atoms with van der Waals surface area (Å²) in [6, 6.07) is 8.27. The first kappa shape index (κ1) is 12.6. The minimum absolute atomic E-state index is 0.0222. The molecule has 1 saturated heterocycles. The number of rotatable bonds is 4. The van der Waals surface area contributed by atoms with Crippen molar-refractivity contribution in [1.29, 1.82) is 0 Å². The van der Waals surface area contributed by atoms with Crippen LogP contribution in [0.1, 0.15) is 24.5 Å². The Hall–Kier alpha value is -0.900. The van der Waals surface area contributed by atoms with Gasteiger partial charge >= 0.3 is 0 Å². The van der Waals surface area contributed by atoms with Gasteiger partial charge in [0.15, 0.2) is 5.79 Å². The monoisotopic (exact) mass is 236 g/mol. The second-order valence-electron chi connectivity index (χ2n) is 4.80. The van der Waals surface area contributed by atoms with Crippen molar-refractivity contribution >= 4 is 0 Å². The van der Waals surface area contributed by atoms with Gasteiger partial charge in [-0.15, -0.1) is 0 Å².